The molecule has 0 aliphatic rings. The number of methoxy groups -OCH3 is 2. The molecule has 0 saturated heterocycles. The fourth-order valence-electron chi connectivity index (χ4n) is 2.91. The monoisotopic (exact) mass is 392 g/mol. The van der Waals surface area contributed by atoms with E-state index in [0.29, 0.717) is 11.1 Å². The third-order valence-corrected chi connectivity index (χ3v) is 4.57. The Bertz CT molecular complexity index is 1060. The van der Waals surface area contributed by atoms with Gasteiger partial charge in [-0.2, -0.15) is 10.5 Å². The van der Waals surface area contributed by atoms with Gasteiger partial charge in [0.05, 0.1) is 37.5 Å². The minimum atomic E-state index is 0.629. The Kier molecular flexibility index (Phi) is 6.66. The predicted molar refractivity (Wildman–Crippen MR) is 120 cm³/mol. The van der Waals surface area contributed by atoms with E-state index in [1.54, 1.807) is 38.5 Å². The zero-order valence-corrected chi connectivity index (χ0v) is 16.8. The van der Waals surface area contributed by atoms with Crippen molar-refractivity contribution in [2.24, 2.45) is 0 Å². The van der Waals surface area contributed by atoms with E-state index in [9.17, 15) is 0 Å². The summed E-state index contributed by atoms with van der Waals surface area (Å²) in [6.07, 6.45) is 7.84. The molecule has 146 valence electrons. The number of hydrogen-bond donors (Lipinski definition) is 0. The van der Waals surface area contributed by atoms with Gasteiger partial charge in [0.25, 0.3) is 0 Å². The highest BCUT2D eigenvalue weighted by atomic mass is 16.5. The van der Waals surface area contributed by atoms with E-state index >= 15 is 0 Å². The summed E-state index contributed by atoms with van der Waals surface area (Å²) in [6, 6.07) is 22.8. The lowest BCUT2D eigenvalue weighted by Gasteiger charge is -2.11. The minimum absolute atomic E-state index is 0.629. The van der Waals surface area contributed by atoms with Crippen molar-refractivity contribution < 1.29 is 9.47 Å². The van der Waals surface area contributed by atoms with Crippen LogP contribution in [0, 0.1) is 22.7 Å². The molecule has 0 fully saturated rings. The lowest BCUT2D eigenvalue weighted by atomic mass is 10.0. The smallest absolute Gasteiger partial charge is 0.126 e. The van der Waals surface area contributed by atoms with Gasteiger partial charge in [-0.25, -0.2) is 0 Å². The average Bonchev–Trinajstić information content (AvgIpc) is 2.81. The van der Waals surface area contributed by atoms with Crippen molar-refractivity contribution in [3.63, 3.8) is 0 Å². The zero-order valence-electron chi connectivity index (χ0n) is 16.8. The normalized spacial score (nSPS) is 10.7. The Hall–Kier alpha value is -4.28. The number of nitrogens with zero attached hydrogens (tertiary/aromatic N) is 2. The van der Waals surface area contributed by atoms with Crippen LogP contribution in [0.1, 0.15) is 33.4 Å². The Labute approximate surface area is 176 Å². The minimum Gasteiger partial charge on any atom is -0.496 e. The molecular formula is C26H20N2O2. The predicted octanol–water partition coefficient (Wildman–Crippen LogP) is 5.79. The first-order valence-corrected chi connectivity index (χ1v) is 9.29. The summed E-state index contributed by atoms with van der Waals surface area (Å²) in [5.74, 6) is 1.44. The fraction of sp³-hybridized carbons (Fsp3) is 0.0769. The topological polar surface area (TPSA) is 66.0 Å². The molecule has 4 heteroatoms. The van der Waals surface area contributed by atoms with Gasteiger partial charge in [-0.05, 0) is 47.5 Å². The maximum Gasteiger partial charge on any atom is 0.126 e. The second-order valence-corrected chi connectivity index (χ2v) is 6.47. The van der Waals surface area contributed by atoms with Crippen LogP contribution >= 0.6 is 0 Å². The molecule has 3 aromatic carbocycles. The molecule has 3 rings (SSSR count). The summed E-state index contributed by atoms with van der Waals surface area (Å²) >= 11 is 0. The van der Waals surface area contributed by atoms with Crippen LogP contribution in [0.3, 0.4) is 0 Å². The summed E-state index contributed by atoms with van der Waals surface area (Å²) in [5, 5.41) is 17.8. The molecule has 0 amide bonds. The molecule has 3 aromatic rings. The van der Waals surface area contributed by atoms with E-state index < -0.39 is 0 Å². The third-order valence-electron chi connectivity index (χ3n) is 4.57. The van der Waals surface area contributed by atoms with Crippen molar-refractivity contribution in [3.8, 4) is 23.6 Å². The second kappa shape index (κ2) is 9.78. The molecule has 0 radical (unpaired) electrons. The summed E-state index contributed by atoms with van der Waals surface area (Å²) in [7, 11) is 3.27. The molecule has 0 spiro atoms. The number of nitriles is 2. The quantitative estimate of drug-likeness (QED) is 0.498. The van der Waals surface area contributed by atoms with E-state index in [1.807, 2.05) is 60.7 Å². The van der Waals surface area contributed by atoms with Gasteiger partial charge in [0, 0.05) is 11.1 Å². The number of ether oxygens (including phenoxy) is 2. The van der Waals surface area contributed by atoms with Gasteiger partial charge in [-0.15, -0.1) is 0 Å². The van der Waals surface area contributed by atoms with E-state index in [-0.39, 0.29) is 0 Å². The van der Waals surface area contributed by atoms with Crippen molar-refractivity contribution in [1.82, 2.24) is 0 Å². The molecule has 0 unspecified atom stereocenters. The van der Waals surface area contributed by atoms with E-state index in [4.69, 9.17) is 20.0 Å². The van der Waals surface area contributed by atoms with Gasteiger partial charge in [-0.3, -0.25) is 0 Å². The van der Waals surface area contributed by atoms with Gasteiger partial charge >= 0.3 is 0 Å². The first-order valence-electron chi connectivity index (χ1n) is 9.29. The van der Waals surface area contributed by atoms with Crippen LogP contribution in [0.15, 0.2) is 60.7 Å². The maximum atomic E-state index is 8.91. The summed E-state index contributed by atoms with van der Waals surface area (Å²) in [4.78, 5) is 0. The average molecular weight is 392 g/mol. The highest BCUT2D eigenvalue weighted by Crippen LogP contribution is 2.31. The highest BCUT2D eigenvalue weighted by Gasteiger charge is 2.08. The van der Waals surface area contributed by atoms with Crippen LogP contribution in [-0.4, -0.2) is 14.2 Å². The lowest BCUT2D eigenvalue weighted by molar-refractivity contribution is 0.401. The molecule has 0 N–H and O–H groups in total. The Morgan fingerprint density at radius 1 is 0.600 bits per heavy atom. The molecule has 30 heavy (non-hydrogen) atoms. The van der Waals surface area contributed by atoms with E-state index in [0.717, 1.165) is 33.8 Å². The first kappa shape index (κ1) is 20.5. The van der Waals surface area contributed by atoms with Crippen molar-refractivity contribution >= 4 is 24.3 Å². The van der Waals surface area contributed by atoms with Crippen LogP contribution in [0.5, 0.6) is 11.5 Å². The molecule has 0 saturated carbocycles. The number of rotatable bonds is 6. The van der Waals surface area contributed by atoms with E-state index in [1.165, 1.54) is 0 Å². The summed E-state index contributed by atoms with van der Waals surface area (Å²) in [6.45, 7) is 0. The number of hydrogen-bond acceptors (Lipinski definition) is 4. The van der Waals surface area contributed by atoms with Crippen molar-refractivity contribution in [2.45, 2.75) is 0 Å². The largest absolute Gasteiger partial charge is 0.496 e. The van der Waals surface area contributed by atoms with Crippen molar-refractivity contribution in [2.75, 3.05) is 14.2 Å². The Morgan fingerprint density at radius 2 is 0.967 bits per heavy atom. The Balaban J connectivity index is 1.89. The van der Waals surface area contributed by atoms with E-state index in [2.05, 4.69) is 12.1 Å². The molecule has 0 bridgehead atoms. The summed E-state index contributed by atoms with van der Waals surface area (Å²) < 4.78 is 11.1. The molecule has 0 atom stereocenters. The highest BCUT2D eigenvalue weighted by molar-refractivity contribution is 5.79. The van der Waals surface area contributed by atoms with Crippen LogP contribution in [0.2, 0.25) is 0 Å². The fourth-order valence-corrected chi connectivity index (χ4v) is 2.91. The standard InChI is InChI=1S/C26H20N2O2/c1-29-25-15-24(14-12-20-5-9-22(18-28)10-6-20)26(30-2)16-23(25)13-11-19-3-7-21(17-27)8-4-19/h3-16H,1-2H3. The van der Waals surface area contributed by atoms with Crippen molar-refractivity contribution in [1.29, 1.82) is 10.5 Å². The summed E-state index contributed by atoms with van der Waals surface area (Å²) in [5.41, 5.74) is 5.00. The third kappa shape index (κ3) is 4.95. The van der Waals surface area contributed by atoms with Crippen LogP contribution in [0.4, 0.5) is 0 Å². The SMILES string of the molecule is COc1cc(C=Cc2ccc(C#N)cc2)c(OC)cc1C=Cc1ccc(C#N)cc1. The van der Waals surface area contributed by atoms with Crippen LogP contribution < -0.4 is 9.47 Å². The zero-order chi connectivity index (χ0) is 21.3. The van der Waals surface area contributed by atoms with Crippen molar-refractivity contribution in [3.05, 3.63) is 94.0 Å². The Morgan fingerprint density at radius 3 is 1.27 bits per heavy atom. The van der Waals surface area contributed by atoms with Crippen LogP contribution in [-0.2, 0) is 0 Å². The van der Waals surface area contributed by atoms with Crippen LogP contribution in [0.25, 0.3) is 24.3 Å². The van der Waals surface area contributed by atoms with Gasteiger partial charge < -0.3 is 9.47 Å². The van der Waals surface area contributed by atoms with Gasteiger partial charge in [0.1, 0.15) is 11.5 Å². The molecular weight excluding hydrogens is 372 g/mol. The lowest BCUT2D eigenvalue weighted by Crippen LogP contribution is -1.93. The van der Waals surface area contributed by atoms with Gasteiger partial charge in [-0.1, -0.05) is 48.6 Å². The first-order chi connectivity index (χ1) is 14.7. The number of benzene rings is 3. The van der Waals surface area contributed by atoms with Gasteiger partial charge in [0.2, 0.25) is 0 Å². The second-order valence-electron chi connectivity index (χ2n) is 6.47. The van der Waals surface area contributed by atoms with Gasteiger partial charge in [0.15, 0.2) is 0 Å². The maximum absolute atomic E-state index is 8.91. The molecule has 0 aliphatic heterocycles. The molecule has 0 aliphatic carbocycles. The molecule has 0 aromatic heterocycles. The molecule has 4 nitrogen and oxygen atoms in total. The molecule has 0 heterocycles.